The summed E-state index contributed by atoms with van der Waals surface area (Å²) in [5, 5.41) is 6.35. The van der Waals surface area contributed by atoms with Gasteiger partial charge in [-0.3, -0.25) is 9.98 Å². The molecule has 2 rings (SSSR count). The third kappa shape index (κ3) is 6.33. The van der Waals surface area contributed by atoms with Gasteiger partial charge in [-0.2, -0.15) is 17.5 Å². The Morgan fingerprint density at radius 3 is 2.61 bits per heavy atom. The molecule has 11 heteroatoms. The second-order valence-electron chi connectivity index (χ2n) is 6.55. The fraction of sp³-hybridized carbons (Fsp3) is 0.647. The van der Waals surface area contributed by atoms with Crippen LogP contribution in [-0.2, 0) is 16.4 Å². The van der Waals surface area contributed by atoms with E-state index in [0.29, 0.717) is 42.7 Å². The molecule has 1 fully saturated rings. The number of guanidine groups is 1. The molecule has 1 aromatic heterocycles. The van der Waals surface area contributed by atoms with Gasteiger partial charge in [0.2, 0.25) is 0 Å². The molecule has 0 bridgehead atoms. The summed E-state index contributed by atoms with van der Waals surface area (Å²) in [5.74, 6) is 0.685. The molecule has 0 spiro atoms. The fourth-order valence-corrected chi connectivity index (χ4v) is 3.90. The number of nitrogens with one attached hydrogen (secondary N) is 2. The van der Waals surface area contributed by atoms with Gasteiger partial charge in [0.05, 0.1) is 0 Å². The Labute approximate surface area is 163 Å². The first-order chi connectivity index (χ1) is 13.2. The third-order valence-corrected chi connectivity index (χ3v) is 6.12. The lowest BCUT2D eigenvalue weighted by Crippen LogP contribution is -2.45. The maximum Gasteiger partial charge on any atom is 0.511 e. The molecule has 0 aliphatic carbocycles. The summed E-state index contributed by atoms with van der Waals surface area (Å²) in [4.78, 5) is 8.56. The van der Waals surface area contributed by atoms with Crippen LogP contribution in [-0.4, -0.2) is 61.9 Å². The normalized spacial score (nSPS) is 17.5. The van der Waals surface area contributed by atoms with Crippen LogP contribution in [0.25, 0.3) is 0 Å². The molecule has 2 heterocycles. The molecule has 158 valence electrons. The molecule has 0 amide bonds. The number of aliphatic imine (C=N–C) groups is 1. The lowest BCUT2D eigenvalue weighted by molar-refractivity contribution is -0.0496. The summed E-state index contributed by atoms with van der Waals surface area (Å²) in [5.41, 5.74) is -4.14. The van der Waals surface area contributed by atoms with Gasteiger partial charge in [0.15, 0.2) is 5.96 Å². The number of hydrogen-bond donors (Lipinski definition) is 2. The highest BCUT2D eigenvalue weighted by Gasteiger charge is 2.50. The van der Waals surface area contributed by atoms with Gasteiger partial charge in [-0.05, 0) is 43.7 Å². The Kier molecular flexibility index (Phi) is 8.05. The van der Waals surface area contributed by atoms with Crippen molar-refractivity contribution >= 4 is 16.0 Å². The number of nitrogens with zero attached hydrogens (tertiary/aromatic N) is 3. The molecule has 0 aromatic carbocycles. The molecule has 0 radical (unpaired) electrons. The zero-order valence-corrected chi connectivity index (χ0v) is 16.6. The molecule has 2 N–H and O–H groups in total. The molecule has 1 aliphatic heterocycles. The van der Waals surface area contributed by atoms with Crippen LogP contribution < -0.4 is 10.6 Å². The van der Waals surface area contributed by atoms with Crippen molar-refractivity contribution in [1.29, 1.82) is 0 Å². The van der Waals surface area contributed by atoms with E-state index in [1.807, 2.05) is 19.1 Å². The molecule has 0 atom stereocenters. The predicted octanol–water partition coefficient (Wildman–Crippen LogP) is 1.74. The highest BCUT2D eigenvalue weighted by molar-refractivity contribution is 7.90. The van der Waals surface area contributed by atoms with E-state index in [4.69, 9.17) is 0 Å². The van der Waals surface area contributed by atoms with Gasteiger partial charge in [-0.1, -0.05) is 6.07 Å². The van der Waals surface area contributed by atoms with Crippen LogP contribution in [0.1, 0.15) is 25.3 Å². The van der Waals surface area contributed by atoms with Crippen LogP contribution in [0.5, 0.6) is 0 Å². The van der Waals surface area contributed by atoms with Crippen molar-refractivity contribution in [2.24, 2.45) is 10.9 Å². The van der Waals surface area contributed by atoms with Crippen molar-refractivity contribution in [3.8, 4) is 0 Å². The zero-order chi connectivity index (χ0) is 20.6. The second kappa shape index (κ2) is 10.1. The van der Waals surface area contributed by atoms with Crippen LogP contribution in [0.15, 0.2) is 29.5 Å². The molecule has 7 nitrogen and oxygen atoms in total. The molecule has 1 saturated heterocycles. The van der Waals surface area contributed by atoms with E-state index in [1.165, 1.54) is 0 Å². The molecule has 0 unspecified atom stereocenters. The first-order valence-electron chi connectivity index (χ1n) is 9.21. The Bertz CT molecular complexity index is 733. The lowest BCUT2D eigenvalue weighted by Gasteiger charge is -2.30. The zero-order valence-electron chi connectivity index (χ0n) is 15.7. The summed E-state index contributed by atoms with van der Waals surface area (Å²) in [7, 11) is -5.23. The van der Waals surface area contributed by atoms with E-state index < -0.39 is 15.5 Å². The fourth-order valence-electron chi connectivity index (χ4n) is 2.91. The molecular weight excluding hydrogens is 395 g/mol. The van der Waals surface area contributed by atoms with Crippen LogP contribution in [0.3, 0.4) is 0 Å². The summed E-state index contributed by atoms with van der Waals surface area (Å²) >= 11 is 0. The number of alkyl halides is 3. The van der Waals surface area contributed by atoms with E-state index in [2.05, 4.69) is 20.6 Å². The number of hydrogen-bond acceptors (Lipinski definition) is 4. The van der Waals surface area contributed by atoms with Crippen molar-refractivity contribution in [3.05, 3.63) is 30.1 Å². The molecule has 1 aliphatic rings. The standard InChI is InChI=1S/C17H26F3N5O2S/c1-2-22-16(23-9-5-14-4-3-8-21-12-14)24-13-15-6-10-25(11-7-15)28(26,27)17(18,19)20/h3-4,8,12,15H,2,5-7,9-11,13H2,1H3,(H2,22,23,24). The monoisotopic (exact) mass is 421 g/mol. The smallest absolute Gasteiger partial charge is 0.357 e. The largest absolute Gasteiger partial charge is 0.511 e. The highest BCUT2D eigenvalue weighted by atomic mass is 32.2. The Hall–Kier alpha value is -1.88. The highest BCUT2D eigenvalue weighted by Crippen LogP contribution is 2.30. The summed E-state index contributed by atoms with van der Waals surface area (Å²) < 4.78 is 61.3. The van der Waals surface area contributed by atoms with Gasteiger partial charge < -0.3 is 10.6 Å². The van der Waals surface area contributed by atoms with Gasteiger partial charge in [-0.15, -0.1) is 0 Å². The Balaban J connectivity index is 1.81. The Morgan fingerprint density at radius 1 is 1.32 bits per heavy atom. The number of rotatable bonds is 7. The minimum absolute atomic E-state index is 0.0495. The van der Waals surface area contributed by atoms with Gasteiger partial charge >= 0.3 is 15.5 Å². The topological polar surface area (TPSA) is 86.7 Å². The van der Waals surface area contributed by atoms with Crippen LogP contribution >= 0.6 is 0 Å². The number of halogens is 3. The van der Waals surface area contributed by atoms with Crippen molar-refractivity contribution < 1.29 is 21.6 Å². The average Bonchev–Trinajstić information content (AvgIpc) is 2.66. The van der Waals surface area contributed by atoms with Gasteiger partial charge in [-0.25, -0.2) is 8.42 Å². The maximum absolute atomic E-state index is 12.6. The van der Waals surface area contributed by atoms with E-state index in [9.17, 15) is 21.6 Å². The quantitative estimate of drug-likeness (QED) is 0.517. The predicted molar refractivity (Wildman–Crippen MR) is 101 cm³/mol. The van der Waals surface area contributed by atoms with Crippen molar-refractivity contribution in [3.63, 3.8) is 0 Å². The summed E-state index contributed by atoms with van der Waals surface area (Å²) in [6, 6.07) is 3.86. The van der Waals surface area contributed by atoms with Crippen molar-refractivity contribution in [2.45, 2.75) is 31.7 Å². The van der Waals surface area contributed by atoms with E-state index in [1.54, 1.807) is 12.4 Å². The van der Waals surface area contributed by atoms with E-state index >= 15 is 0 Å². The van der Waals surface area contributed by atoms with Crippen molar-refractivity contribution in [1.82, 2.24) is 19.9 Å². The van der Waals surface area contributed by atoms with Gasteiger partial charge in [0.1, 0.15) is 0 Å². The number of aromatic nitrogens is 1. The van der Waals surface area contributed by atoms with Crippen LogP contribution in [0.4, 0.5) is 13.2 Å². The Morgan fingerprint density at radius 2 is 2.04 bits per heavy atom. The van der Waals surface area contributed by atoms with Crippen LogP contribution in [0, 0.1) is 5.92 Å². The maximum atomic E-state index is 12.6. The minimum Gasteiger partial charge on any atom is -0.357 e. The summed E-state index contributed by atoms with van der Waals surface area (Å²) in [6.45, 7) is 3.46. The summed E-state index contributed by atoms with van der Waals surface area (Å²) in [6.07, 6.45) is 5.01. The average molecular weight is 421 g/mol. The molecule has 0 saturated carbocycles. The lowest BCUT2D eigenvalue weighted by atomic mass is 9.98. The number of piperidine rings is 1. The second-order valence-corrected chi connectivity index (χ2v) is 8.48. The first kappa shape index (κ1) is 22.4. The number of sulfonamides is 1. The molecule has 28 heavy (non-hydrogen) atoms. The minimum atomic E-state index is -5.24. The third-order valence-electron chi connectivity index (χ3n) is 4.49. The van der Waals surface area contributed by atoms with Crippen molar-refractivity contribution in [2.75, 3.05) is 32.7 Å². The van der Waals surface area contributed by atoms with Crippen LogP contribution in [0.2, 0.25) is 0 Å². The van der Waals surface area contributed by atoms with Gasteiger partial charge in [0.25, 0.3) is 0 Å². The molecule has 1 aromatic rings. The van der Waals surface area contributed by atoms with E-state index in [-0.39, 0.29) is 19.0 Å². The number of pyridine rings is 1. The molecular formula is C17H26F3N5O2S. The SMILES string of the molecule is CCNC(=NCC1CCN(S(=O)(=O)C(F)(F)F)CC1)NCCc1cccnc1. The first-order valence-corrected chi connectivity index (χ1v) is 10.7. The van der Waals surface area contributed by atoms with E-state index in [0.717, 1.165) is 12.0 Å². The van der Waals surface area contributed by atoms with Gasteiger partial charge in [0, 0.05) is 45.1 Å².